The van der Waals surface area contributed by atoms with E-state index >= 15 is 0 Å². The van der Waals surface area contributed by atoms with Crippen LogP contribution < -0.4 is 15.8 Å². The third-order valence-corrected chi connectivity index (χ3v) is 1.77. The summed E-state index contributed by atoms with van der Waals surface area (Å²) < 4.78 is 5.34. The van der Waals surface area contributed by atoms with Crippen molar-refractivity contribution in [2.24, 2.45) is 5.73 Å². The van der Waals surface area contributed by atoms with Crippen molar-refractivity contribution < 1.29 is 9.53 Å². The fourth-order valence-corrected chi connectivity index (χ4v) is 1.04. The number of anilines is 1. The van der Waals surface area contributed by atoms with Crippen molar-refractivity contribution in [1.82, 2.24) is 9.97 Å². The average Bonchev–Trinajstić information content (AvgIpc) is 2.26. The Hall–Kier alpha value is -1.85. The molecule has 16 heavy (non-hydrogen) atoms. The highest BCUT2D eigenvalue weighted by atomic mass is 16.5. The number of rotatable bonds is 7. The summed E-state index contributed by atoms with van der Waals surface area (Å²) in [4.78, 5) is 18.5. The maximum absolute atomic E-state index is 10.5. The molecule has 0 radical (unpaired) electrons. The van der Waals surface area contributed by atoms with Crippen LogP contribution in [0.1, 0.15) is 19.8 Å². The van der Waals surface area contributed by atoms with E-state index in [-0.39, 0.29) is 12.3 Å². The number of nitrogens with two attached hydrogens (primary N) is 1. The van der Waals surface area contributed by atoms with Crippen LogP contribution in [0, 0.1) is 0 Å². The van der Waals surface area contributed by atoms with Crippen LogP contribution >= 0.6 is 0 Å². The van der Waals surface area contributed by atoms with Crippen molar-refractivity contribution in [3.05, 3.63) is 12.4 Å². The summed E-state index contributed by atoms with van der Waals surface area (Å²) in [6.45, 7) is 3.10. The Morgan fingerprint density at radius 2 is 2.38 bits per heavy atom. The van der Waals surface area contributed by atoms with Crippen LogP contribution in [0.5, 0.6) is 5.88 Å². The van der Waals surface area contributed by atoms with Crippen molar-refractivity contribution in [2.45, 2.75) is 19.8 Å². The molecule has 0 saturated carbocycles. The minimum absolute atomic E-state index is 0.273. The first-order valence-electron chi connectivity index (χ1n) is 5.19. The molecule has 88 valence electrons. The minimum Gasteiger partial charge on any atom is -0.478 e. The van der Waals surface area contributed by atoms with Crippen LogP contribution in [0.3, 0.4) is 0 Å². The van der Waals surface area contributed by atoms with E-state index in [1.807, 2.05) is 6.92 Å². The number of amides is 1. The Kier molecular flexibility index (Phi) is 5.04. The second kappa shape index (κ2) is 6.60. The van der Waals surface area contributed by atoms with Crippen molar-refractivity contribution in [1.29, 1.82) is 0 Å². The second-order valence-corrected chi connectivity index (χ2v) is 3.23. The Morgan fingerprint density at radius 3 is 3.06 bits per heavy atom. The van der Waals surface area contributed by atoms with Crippen LogP contribution in [0.2, 0.25) is 0 Å². The lowest BCUT2D eigenvalue weighted by atomic mass is 10.4. The van der Waals surface area contributed by atoms with Gasteiger partial charge >= 0.3 is 0 Å². The monoisotopic (exact) mass is 224 g/mol. The van der Waals surface area contributed by atoms with Crippen molar-refractivity contribution >= 4 is 11.7 Å². The number of hydrogen-bond acceptors (Lipinski definition) is 5. The first-order chi connectivity index (χ1) is 7.72. The van der Waals surface area contributed by atoms with E-state index in [1.165, 1.54) is 6.33 Å². The van der Waals surface area contributed by atoms with E-state index in [9.17, 15) is 4.79 Å². The summed E-state index contributed by atoms with van der Waals surface area (Å²) in [7, 11) is 0. The van der Waals surface area contributed by atoms with Crippen molar-refractivity contribution in [2.75, 3.05) is 18.5 Å². The lowest BCUT2D eigenvalue weighted by Crippen LogP contribution is -2.16. The molecular formula is C10H16N4O2. The zero-order chi connectivity index (χ0) is 11.8. The molecule has 0 aromatic carbocycles. The van der Waals surface area contributed by atoms with E-state index in [4.69, 9.17) is 10.5 Å². The number of aromatic nitrogens is 2. The Labute approximate surface area is 94.2 Å². The molecule has 0 saturated heterocycles. The predicted molar refractivity (Wildman–Crippen MR) is 60.1 cm³/mol. The van der Waals surface area contributed by atoms with E-state index in [2.05, 4.69) is 15.3 Å². The van der Waals surface area contributed by atoms with Gasteiger partial charge in [-0.1, -0.05) is 6.92 Å². The number of nitrogens with zero attached hydrogens (tertiary/aromatic N) is 2. The highest BCUT2D eigenvalue weighted by Crippen LogP contribution is 2.10. The molecule has 0 aliphatic heterocycles. The van der Waals surface area contributed by atoms with Gasteiger partial charge in [0, 0.05) is 19.0 Å². The molecule has 0 spiro atoms. The van der Waals surface area contributed by atoms with Gasteiger partial charge < -0.3 is 15.8 Å². The Balaban J connectivity index is 2.43. The van der Waals surface area contributed by atoms with E-state index in [0.717, 1.165) is 6.42 Å². The van der Waals surface area contributed by atoms with Crippen LogP contribution in [0.4, 0.5) is 5.82 Å². The number of ether oxygens (including phenoxy) is 1. The molecule has 1 aromatic rings. The van der Waals surface area contributed by atoms with Gasteiger partial charge in [-0.25, -0.2) is 9.97 Å². The van der Waals surface area contributed by atoms with Crippen molar-refractivity contribution in [3.63, 3.8) is 0 Å². The van der Waals surface area contributed by atoms with E-state index < -0.39 is 0 Å². The standard InChI is InChI=1S/C10H16N4O2/c1-2-5-16-10-6-9(13-7-14-10)12-4-3-8(11)15/h6-7H,2-5H2,1H3,(H2,11,15)(H,12,13,14). The van der Waals surface area contributed by atoms with Gasteiger partial charge in [0.05, 0.1) is 6.61 Å². The predicted octanol–water partition coefficient (Wildman–Crippen LogP) is 0.553. The molecule has 3 N–H and O–H groups in total. The molecule has 1 aromatic heterocycles. The topological polar surface area (TPSA) is 90.1 Å². The quantitative estimate of drug-likeness (QED) is 0.706. The molecule has 1 amide bonds. The number of primary amides is 1. The highest BCUT2D eigenvalue weighted by molar-refractivity contribution is 5.74. The average molecular weight is 224 g/mol. The molecule has 0 aliphatic rings. The third-order valence-electron chi connectivity index (χ3n) is 1.77. The van der Waals surface area contributed by atoms with Gasteiger partial charge in [0.15, 0.2) is 0 Å². The molecule has 6 heteroatoms. The molecule has 1 rings (SSSR count). The second-order valence-electron chi connectivity index (χ2n) is 3.23. The van der Waals surface area contributed by atoms with Gasteiger partial charge in [0.2, 0.25) is 11.8 Å². The Bertz CT molecular complexity index is 343. The van der Waals surface area contributed by atoms with E-state index in [1.54, 1.807) is 6.07 Å². The minimum atomic E-state index is -0.344. The first kappa shape index (κ1) is 12.2. The molecule has 0 aliphatic carbocycles. The van der Waals surface area contributed by atoms with Crippen LogP contribution in [0.15, 0.2) is 12.4 Å². The summed E-state index contributed by atoms with van der Waals surface area (Å²) in [5, 5.41) is 2.96. The third kappa shape index (κ3) is 4.59. The lowest BCUT2D eigenvalue weighted by Gasteiger charge is -2.06. The van der Waals surface area contributed by atoms with Gasteiger partial charge in [-0.3, -0.25) is 4.79 Å². The Morgan fingerprint density at radius 1 is 1.56 bits per heavy atom. The number of carbonyl (C=O) groups is 1. The van der Waals surface area contributed by atoms with Crippen LogP contribution in [-0.2, 0) is 4.79 Å². The number of hydrogen-bond donors (Lipinski definition) is 2. The molecule has 1 heterocycles. The van der Waals surface area contributed by atoms with Gasteiger partial charge in [0.1, 0.15) is 12.1 Å². The smallest absolute Gasteiger partial charge is 0.219 e. The molecule has 0 atom stereocenters. The fraction of sp³-hybridized carbons (Fsp3) is 0.500. The van der Waals surface area contributed by atoms with Crippen LogP contribution in [-0.4, -0.2) is 29.0 Å². The molecule has 0 fully saturated rings. The zero-order valence-electron chi connectivity index (χ0n) is 9.27. The van der Waals surface area contributed by atoms with Crippen LogP contribution in [0.25, 0.3) is 0 Å². The first-order valence-corrected chi connectivity index (χ1v) is 5.19. The lowest BCUT2D eigenvalue weighted by molar-refractivity contribution is -0.117. The SMILES string of the molecule is CCCOc1cc(NCCC(N)=O)ncn1. The van der Waals surface area contributed by atoms with Crippen molar-refractivity contribution in [3.8, 4) is 5.88 Å². The maximum atomic E-state index is 10.5. The summed E-state index contributed by atoms with van der Waals surface area (Å²) in [6.07, 6.45) is 2.61. The van der Waals surface area contributed by atoms with Gasteiger partial charge in [-0.15, -0.1) is 0 Å². The van der Waals surface area contributed by atoms with Gasteiger partial charge in [-0.05, 0) is 6.42 Å². The van der Waals surface area contributed by atoms with Gasteiger partial charge in [0.25, 0.3) is 0 Å². The molecular weight excluding hydrogens is 208 g/mol. The highest BCUT2D eigenvalue weighted by Gasteiger charge is 1.99. The zero-order valence-corrected chi connectivity index (χ0v) is 9.27. The number of nitrogens with one attached hydrogen (secondary N) is 1. The van der Waals surface area contributed by atoms with E-state index in [0.29, 0.717) is 24.8 Å². The summed E-state index contributed by atoms with van der Waals surface area (Å²) in [6, 6.07) is 1.69. The maximum Gasteiger partial charge on any atom is 0.219 e. The molecule has 0 unspecified atom stereocenters. The largest absolute Gasteiger partial charge is 0.478 e. The number of carbonyl (C=O) groups excluding carboxylic acids is 1. The molecule has 6 nitrogen and oxygen atoms in total. The van der Waals surface area contributed by atoms with Gasteiger partial charge in [-0.2, -0.15) is 0 Å². The summed E-state index contributed by atoms with van der Waals surface area (Å²) in [5.74, 6) is 0.810. The molecule has 0 bridgehead atoms. The summed E-state index contributed by atoms with van der Waals surface area (Å²) >= 11 is 0. The summed E-state index contributed by atoms with van der Waals surface area (Å²) in [5.41, 5.74) is 5.02. The normalized spacial score (nSPS) is 9.81. The fourth-order valence-electron chi connectivity index (χ4n) is 1.04.